The van der Waals surface area contributed by atoms with Gasteiger partial charge in [-0.3, -0.25) is 9.89 Å². The van der Waals surface area contributed by atoms with Gasteiger partial charge >= 0.3 is 6.09 Å². The van der Waals surface area contributed by atoms with Crippen molar-refractivity contribution in [1.29, 1.82) is 0 Å². The minimum Gasteiger partial charge on any atom is -0.447 e. The van der Waals surface area contributed by atoms with Crippen molar-refractivity contribution >= 4 is 12.0 Å². The number of H-pyrrole nitrogens is 1. The number of carbonyl (C=O) groups is 2. The number of aromatic nitrogens is 2. The van der Waals surface area contributed by atoms with E-state index in [0.717, 1.165) is 24.2 Å². The highest BCUT2D eigenvalue weighted by Crippen LogP contribution is 2.08. The lowest BCUT2D eigenvalue weighted by molar-refractivity contribution is -0.132. The highest BCUT2D eigenvalue weighted by atomic mass is 16.6. The topological polar surface area (TPSA) is 87.3 Å². The third-order valence-corrected chi connectivity index (χ3v) is 2.95. The first kappa shape index (κ1) is 13.4. The number of nitrogens with one attached hydrogen (secondary N) is 2. The van der Waals surface area contributed by atoms with Crippen LogP contribution >= 0.6 is 0 Å². The van der Waals surface area contributed by atoms with Gasteiger partial charge in [0.25, 0.3) is 0 Å². The Morgan fingerprint density at radius 1 is 1.63 bits per heavy atom. The van der Waals surface area contributed by atoms with Gasteiger partial charge in [0.15, 0.2) is 0 Å². The Kier molecular flexibility index (Phi) is 4.03. The van der Waals surface area contributed by atoms with Gasteiger partial charge in [0, 0.05) is 7.05 Å². The lowest BCUT2D eigenvalue weighted by Crippen LogP contribution is -2.43. The van der Waals surface area contributed by atoms with E-state index in [1.807, 2.05) is 6.07 Å². The van der Waals surface area contributed by atoms with Gasteiger partial charge in [0.1, 0.15) is 12.6 Å². The average Bonchev–Trinajstić information content (AvgIpc) is 2.98. The van der Waals surface area contributed by atoms with Crippen molar-refractivity contribution < 1.29 is 14.3 Å². The molecule has 1 aliphatic rings. The molecule has 0 radical (unpaired) electrons. The number of nitrogens with zero attached hydrogens (tertiary/aromatic N) is 2. The first-order chi connectivity index (χ1) is 9.10. The molecule has 7 nitrogen and oxygen atoms in total. The molecule has 1 fully saturated rings. The summed E-state index contributed by atoms with van der Waals surface area (Å²) in [6.45, 7) is 2.61. The van der Waals surface area contributed by atoms with Crippen LogP contribution < -0.4 is 5.32 Å². The SMILES string of the molecule is CCCc1cc(CN(C)C(=O)C2COC(=O)N2)[nH]n1. The van der Waals surface area contributed by atoms with Crippen LogP contribution in [0.5, 0.6) is 0 Å². The fraction of sp³-hybridized carbons (Fsp3) is 0.583. The van der Waals surface area contributed by atoms with E-state index in [9.17, 15) is 9.59 Å². The van der Waals surface area contributed by atoms with Crippen molar-refractivity contribution in [2.24, 2.45) is 0 Å². The van der Waals surface area contributed by atoms with E-state index in [-0.39, 0.29) is 12.5 Å². The van der Waals surface area contributed by atoms with Crippen LogP contribution in [-0.4, -0.2) is 46.8 Å². The summed E-state index contributed by atoms with van der Waals surface area (Å²) in [5.74, 6) is -0.169. The van der Waals surface area contributed by atoms with Gasteiger partial charge in [-0.05, 0) is 12.5 Å². The average molecular weight is 266 g/mol. The molecular formula is C12H18N4O3. The zero-order chi connectivity index (χ0) is 13.8. The molecule has 19 heavy (non-hydrogen) atoms. The van der Waals surface area contributed by atoms with E-state index in [4.69, 9.17) is 4.74 Å². The maximum Gasteiger partial charge on any atom is 0.407 e. The lowest BCUT2D eigenvalue weighted by Gasteiger charge is -2.18. The zero-order valence-corrected chi connectivity index (χ0v) is 11.1. The van der Waals surface area contributed by atoms with Crippen LogP contribution in [0.1, 0.15) is 24.7 Å². The van der Waals surface area contributed by atoms with E-state index >= 15 is 0 Å². The predicted octanol–water partition coefficient (Wildman–Crippen LogP) is 0.429. The van der Waals surface area contributed by atoms with Crippen molar-refractivity contribution in [3.05, 3.63) is 17.5 Å². The maximum absolute atomic E-state index is 12.0. The number of carbonyl (C=O) groups excluding carboxylic acids is 2. The maximum atomic E-state index is 12.0. The quantitative estimate of drug-likeness (QED) is 0.809. The Balaban J connectivity index is 1.90. The van der Waals surface area contributed by atoms with E-state index in [1.54, 1.807) is 11.9 Å². The lowest BCUT2D eigenvalue weighted by atomic mass is 10.2. The van der Waals surface area contributed by atoms with Gasteiger partial charge in [-0.1, -0.05) is 13.3 Å². The van der Waals surface area contributed by atoms with Crippen molar-refractivity contribution in [2.75, 3.05) is 13.7 Å². The normalized spacial score (nSPS) is 18.0. The molecule has 104 valence electrons. The Morgan fingerprint density at radius 2 is 2.42 bits per heavy atom. The van der Waals surface area contributed by atoms with Crippen molar-refractivity contribution in [1.82, 2.24) is 20.4 Å². The van der Waals surface area contributed by atoms with Crippen LogP contribution in [0, 0.1) is 0 Å². The zero-order valence-electron chi connectivity index (χ0n) is 11.1. The Hall–Kier alpha value is -2.05. The number of aromatic amines is 1. The van der Waals surface area contributed by atoms with Crippen LogP contribution in [0.15, 0.2) is 6.07 Å². The van der Waals surface area contributed by atoms with Crippen molar-refractivity contribution in [3.63, 3.8) is 0 Å². The summed E-state index contributed by atoms with van der Waals surface area (Å²) in [5.41, 5.74) is 1.88. The summed E-state index contributed by atoms with van der Waals surface area (Å²) < 4.78 is 4.71. The molecule has 2 N–H and O–H groups in total. The summed E-state index contributed by atoms with van der Waals surface area (Å²) in [4.78, 5) is 24.5. The number of likely N-dealkylation sites (N-methyl/N-ethyl adjacent to an activating group) is 1. The standard InChI is InChI=1S/C12H18N4O3/c1-3-4-8-5-9(15-14-8)6-16(2)11(17)10-7-19-12(18)13-10/h5,10H,3-4,6-7H2,1-2H3,(H,13,18)(H,14,15). The van der Waals surface area contributed by atoms with Gasteiger partial charge in [0.05, 0.1) is 17.9 Å². The molecule has 2 amide bonds. The molecule has 0 aromatic carbocycles. The number of alkyl carbamates (subject to hydrolysis) is 1. The molecule has 2 rings (SSSR count). The van der Waals surface area contributed by atoms with Gasteiger partial charge < -0.3 is 15.0 Å². The monoisotopic (exact) mass is 266 g/mol. The van der Waals surface area contributed by atoms with Crippen LogP contribution in [-0.2, 0) is 22.5 Å². The number of hydrogen-bond donors (Lipinski definition) is 2. The van der Waals surface area contributed by atoms with Gasteiger partial charge in [-0.15, -0.1) is 0 Å². The number of hydrogen-bond acceptors (Lipinski definition) is 4. The Bertz CT molecular complexity index is 471. The van der Waals surface area contributed by atoms with Gasteiger partial charge in [-0.25, -0.2) is 4.79 Å². The fourth-order valence-corrected chi connectivity index (χ4v) is 1.99. The largest absolute Gasteiger partial charge is 0.447 e. The van der Waals surface area contributed by atoms with E-state index < -0.39 is 12.1 Å². The summed E-state index contributed by atoms with van der Waals surface area (Å²) in [6.07, 6.45) is 1.41. The third kappa shape index (κ3) is 3.24. The van der Waals surface area contributed by atoms with E-state index in [0.29, 0.717) is 6.54 Å². The molecule has 1 unspecified atom stereocenters. The first-order valence-corrected chi connectivity index (χ1v) is 6.31. The second-order valence-corrected chi connectivity index (χ2v) is 4.62. The van der Waals surface area contributed by atoms with Crippen LogP contribution in [0.2, 0.25) is 0 Å². The minimum absolute atomic E-state index is 0.0894. The van der Waals surface area contributed by atoms with Crippen LogP contribution in [0.3, 0.4) is 0 Å². The molecular weight excluding hydrogens is 248 g/mol. The molecule has 0 bridgehead atoms. The molecule has 0 aliphatic carbocycles. The van der Waals surface area contributed by atoms with E-state index in [2.05, 4.69) is 22.4 Å². The number of cyclic esters (lactones) is 1. The third-order valence-electron chi connectivity index (χ3n) is 2.95. The summed E-state index contributed by atoms with van der Waals surface area (Å²) >= 11 is 0. The smallest absolute Gasteiger partial charge is 0.407 e. The second-order valence-electron chi connectivity index (χ2n) is 4.62. The molecule has 1 atom stereocenters. The Labute approximate surface area is 111 Å². The molecule has 1 saturated heterocycles. The second kappa shape index (κ2) is 5.73. The fourth-order valence-electron chi connectivity index (χ4n) is 1.99. The highest BCUT2D eigenvalue weighted by molar-refractivity contribution is 5.87. The summed E-state index contributed by atoms with van der Waals surface area (Å²) in [6, 6.07) is 1.37. The number of amides is 2. The number of rotatable bonds is 5. The molecule has 7 heteroatoms. The minimum atomic E-state index is -0.587. The van der Waals surface area contributed by atoms with Crippen LogP contribution in [0.25, 0.3) is 0 Å². The van der Waals surface area contributed by atoms with Gasteiger partial charge in [0.2, 0.25) is 5.91 Å². The molecule has 1 aliphatic heterocycles. The molecule has 1 aromatic rings. The molecule has 2 heterocycles. The van der Waals surface area contributed by atoms with E-state index in [1.165, 1.54) is 0 Å². The predicted molar refractivity (Wildman–Crippen MR) is 67.3 cm³/mol. The number of ether oxygens (including phenoxy) is 1. The Morgan fingerprint density at radius 3 is 3.05 bits per heavy atom. The van der Waals surface area contributed by atoms with Crippen LogP contribution in [0.4, 0.5) is 4.79 Å². The van der Waals surface area contributed by atoms with Crippen molar-refractivity contribution in [3.8, 4) is 0 Å². The molecule has 1 aromatic heterocycles. The summed E-state index contributed by atoms with van der Waals surface area (Å²) in [7, 11) is 1.69. The first-order valence-electron chi connectivity index (χ1n) is 6.31. The van der Waals surface area contributed by atoms with Gasteiger partial charge in [-0.2, -0.15) is 5.10 Å². The summed E-state index contributed by atoms with van der Waals surface area (Å²) in [5, 5.41) is 9.55. The highest BCUT2D eigenvalue weighted by Gasteiger charge is 2.31. The van der Waals surface area contributed by atoms with Crippen molar-refractivity contribution in [2.45, 2.75) is 32.4 Å². The molecule has 0 spiro atoms. The molecule has 0 saturated carbocycles. The number of aryl methyl sites for hydroxylation is 1.